The van der Waals surface area contributed by atoms with Gasteiger partial charge in [-0.25, -0.2) is 8.78 Å². The summed E-state index contributed by atoms with van der Waals surface area (Å²) in [4.78, 5) is 0. The summed E-state index contributed by atoms with van der Waals surface area (Å²) >= 11 is 2.79. The Morgan fingerprint density at radius 3 is 2.50 bits per heavy atom. The van der Waals surface area contributed by atoms with Crippen LogP contribution in [0, 0.1) is 11.6 Å². The van der Waals surface area contributed by atoms with Crippen molar-refractivity contribution in [2.45, 2.75) is 0 Å². The van der Waals surface area contributed by atoms with Crippen LogP contribution in [0.5, 0.6) is 0 Å². The van der Waals surface area contributed by atoms with Gasteiger partial charge in [-0.3, -0.25) is 0 Å². The van der Waals surface area contributed by atoms with Crippen molar-refractivity contribution < 1.29 is 8.78 Å². The maximum absolute atomic E-state index is 12.5. The third kappa shape index (κ3) is 1.26. The first-order valence-electron chi connectivity index (χ1n) is 2.56. The first kappa shape index (κ1) is 7.47. The van der Waals surface area contributed by atoms with E-state index in [1.54, 1.807) is 0 Å². The standard InChI is InChI=1S/C6H4BrF2N/c7-10-5-3-1-2-4(8)6(5)9/h1-3,10H. The van der Waals surface area contributed by atoms with E-state index in [2.05, 4.69) is 20.5 Å². The minimum Gasteiger partial charge on any atom is -0.320 e. The second-order valence-corrected chi connectivity index (χ2v) is 2.09. The maximum Gasteiger partial charge on any atom is 0.182 e. The molecule has 54 valence electrons. The summed E-state index contributed by atoms with van der Waals surface area (Å²) in [5.74, 6) is -1.73. The molecule has 1 aromatic carbocycles. The van der Waals surface area contributed by atoms with Gasteiger partial charge in [0.2, 0.25) is 0 Å². The number of hydrogen-bond acceptors (Lipinski definition) is 1. The molecule has 1 N–H and O–H groups in total. The Morgan fingerprint density at radius 2 is 2.00 bits per heavy atom. The predicted molar refractivity (Wildman–Crippen MR) is 38.9 cm³/mol. The molecule has 0 aliphatic rings. The molecule has 0 spiro atoms. The quantitative estimate of drug-likeness (QED) is 0.699. The Morgan fingerprint density at radius 1 is 1.30 bits per heavy atom. The van der Waals surface area contributed by atoms with Gasteiger partial charge in [0.05, 0.1) is 5.69 Å². The summed E-state index contributed by atoms with van der Waals surface area (Å²) in [6.45, 7) is 0. The zero-order valence-corrected chi connectivity index (χ0v) is 6.45. The molecule has 0 atom stereocenters. The number of halogens is 3. The number of rotatable bonds is 1. The van der Waals surface area contributed by atoms with Crippen molar-refractivity contribution in [1.29, 1.82) is 0 Å². The Hall–Kier alpha value is -0.640. The maximum atomic E-state index is 12.5. The third-order valence-electron chi connectivity index (χ3n) is 1.05. The molecule has 0 radical (unpaired) electrons. The molecule has 10 heavy (non-hydrogen) atoms. The SMILES string of the molecule is Fc1cccc(NBr)c1F. The molecule has 0 unspecified atom stereocenters. The van der Waals surface area contributed by atoms with Crippen molar-refractivity contribution in [3.05, 3.63) is 29.8 Å². The molecule has 4 heteroatoms. The van der Waals surface area contributed by atoms with Crippen molar-refractivity contribution in [1.82, 2.24) is 0 Å². The first-order chi connectivity index (χ1) is 4.75. The fourth-order valence-electron chi connectivity index (χ4n) is 0.577. The van der Waals surface area contributed by atoms with E-state index in [-0.39, 0.29) is 5.69 Å². The van der Waals surface area contributed by atoms with Crippen LogP contribution in [0.4, 0.5) is 14.5 Å². The molecular formula is C6H4BrF2N. The molecule has 0 aliphatic carbocycles. The molecular weight excluding hydrogens is 204 g/mol. The normalized spacial score (nSPS) is 9.50. The first-order valence-corrected chi connectivity index (χ1v) is 3.35. The van der Waals surface area contributed by atoms with Crippen molar-refractivity contribution in [3.8, 4) is 0 Å². The fraction of sp³-hybridized carbons (Fsp3) is 0. The van der Waals surface area contributed by atoms with Gasteiger partial charge in [-0.15, -0.1) is 0 Å². The Balaban J connectivity index is 3.14. The molecule has 1 rings (SSSR count). The van der Waals surface area contributed by atoms with Crippen molar-refractivity contribution in [2.24, 2.45) is 0 Å². The molecule has 1 nitrogen and oxygen atoms in total. The number of benzene rings is 1. The van der Waals surface area contributed by atoms with Gasteiger partial charge in [-0.05, 0) is 12.1 Å². The molecule has 0 fully saturated rings. The average Bonchev–Trinajstić information content (AvgIpc) is 1.95. The van der Waals surface area contributed by atoms with Crippen molar-refractivity contribution in [3.63, 3.8) is 0 Å². The van der Waals surface area contributed by atoms with Gasteiger partial charge >= 0.3 is 0 Å². The number of nitrogens with one attached hydrogen (secondary N) is 1. The molecule has 0 saturated heterocycles. The fourth-order valence-corrected chi connectivity index (χ4v) is 0.883. The molecule has 0 amide bonds. The van der Waals surface area contributed by atoms with Gasteiger partial charge in [-0.1, -0.05) is 6.07 Å². The molecule has 0 heterocycles. The number of hydrogen-bond donors (Lipinski definition) is 1. The molecule has 0 aliphatic heterocycles. The van der Waals surface area contributed by atoms with Gasteiger partial charge in [0.25, 0.3) is 0 Å². The van der Waals surface area contributed by atoms with Gasteiger partial charge in [0.1, 0.15) is 0 Å². The lowest BCUT2D eigenvalue weighted by atomic mass is 10.3. The van der Waals surface area contributed by atoms with E-state index >= 15 is 0 Å². The highest BCUT2D eigenvalue weighted by Gasteiger charge is 2.04. The zero-order chi connectivity index (χ0) is 7.56. The highest BCUT2D eigenvalue weighted by atomic mass is 79.9. The highest BCUT2D eigenvalue weighted by molar-refractivity contribution is 9.10. The Labute approximate surface area is 65.4 Å². The molecule has 0 aromatic heterocycles. The highest BCUT2D eigenvalue weighted by Crippen LogP contribution is 2.17. The lowest BCUT2D eigenvalue weighted by Gasteiger charge is -1.98. The molecule has 1 aromatic rings. The largest absolute Gasteiger partial charge is 0.320 e. The summed E-state index contributed by atoms with van der Waals surface area (Å²) in [5, 5.41) is 0. The summed E-state index contributed by atoms with van der Waals surface area (Å²) in [6.07, 6.45) is 0. The second kappa shape index (κ2) is 2.96. The van der Waals surface area contributed by atoms with E-state index in [1.165, 1.54) is 12.1 Å². The van der Waals surface area contributed by atoms with Gasteiger partial charge in [0.15, 0.2) is 11.6 Å². The average molecular weight is 208 g/mol. The van der Waals surface area contributed by atoms with Crippen LogP contribution in [0.1, 0.15) is 0 Å². The summed E-state index contributed by atoms with van der Waals surface area (Å²) in [7, 11) is 0. The zero-order valence-electron chi connectivity index (χ0n) is 4.87. The van der Waals surface area contributed by atoms with E-state index in [0.717, 1.165) is 6.07 Å². The lowest BCUT2D eigenvalue weighted by Crippen LogP contribution is -1.88. The van der Waals surface area contributed by atoms with E-state index in [1.807, 2.05) is 0 Å². The molecule has 0 bridgehead atoms. The van der Waals surface area contributed by atoms with Crippen molar-refractivity contribution >= 4 is 21.8 Å². The number of anilines is 1. The van der Waals surface area contributed by atoms with E-state index in [0.29, 0.717) is 0 Å². The van der Waals surface area contributed by atoms with Crippen molar-refractivity contribution in [2.75, 3.05) is 4.34 Å². The van der Waals surface area contributed by atoms with Crippen LogP contribution in [-0.2, 0) is 0 Å². The lowest BCUT2D eigenvalue weighted by molar-refractivity contribution is 0.512. The summed E-state index contributed by atoms with van der Waals surface area (Å²) in [5.41, 5.74) is 0.0972. The van der Waals surface area contributed by atoms with E-state index in [4.69, 9.17) is 0 Å². The Kier molecular flexibility index (Phi) is 2.21. The second-order valence-electron chi connectivity index (χ2n) is 1.70. The van der Waals surface area contributed by atoms with E-state index < -0.39 is 11.6 Å². The van der Waals surface area contributed by atoms with Crippen LogP contribution in [0.2, 0.25) is 0 Å². The molecule has 0 saturated carbocycles. The van der Waals surface area contributed by atoms with Crippen LogP contribution in [0.3, 0.4) is 0 Å². The smallest absolute Gasteiger partial charge is 0.182 e. The van der Waals surface area contributed by atoms with Gasteiger partial charge in [0, 0.05) is 16.1 Å². The minimum absolute atomic E-state index is 0.0972. The van der Waals surface area contributed by atoms with E-state index in [9.17, 15) is 8.78 Å². The summed E-state index contributed by atoms with van der Waals surface area (Å²) in [6, 6.07) is 3.90. The van der Waals surface area contributed by atoms with Crippen LogP contribution < -0.4 is 4.34 Å². The van der Waals surface area contributed by atoms with Gasteiger partial charge in [-0.2, -0.15) is 0 Å². The van der Waals surface area contributed by atoms with Gasteiger partial charge < -0.3 is 4.34 Å². The minimum atomic E-state index is -0.876. The monoisotopic (exact) mass is 207 g/mol. The van der Waals surface area contributed by atoms with Crippen LogP contribution in [-0.4, -0.2) is 0 Å². The third-order valence-corrected chi connectivity index (χ3v) is 1.48. The summed E-state index contributed by atoms with van der Waals surface area (Å²) < 4.78 is 27.2. The predicted octanol–water partition coefficient (Wildman–Crippen LogP) is 2.69. The Bertz CT molecular complexity index is 239. The topological polar surface area (TPSA) is 12.0 Å². The van der Waals surface area contributed by atoms with Crippen LogP contribution >= 0.6 is 16.1 Å². The van der Waals surface area contributed by atoms with Crippen LogP contribution in [0.15, 0.2) is 18.2 Å². The van der Waals surface area contributed by atoms with Crippen LogP contribution in [0.25, 0.3) is 0 Å².